The van der Waals surface area contributed by atoms with Gasteiger partial charge in [0.1, 0.15) is 11.2 Å². The average molecular weight is 267 g/mol. The Labute approximate surface area is 111 Å². The Morgan fingerprint density at radius 3 is 2.74 bits per heavy atom. The smallest absolute Gasteiger partial charge is 0.238 e. The molecule has 1 amide bonds. The number of anilines is 1. The highest BCUT2D eigenvalue weighted by Crippen LogP contribution is 2.25. The number of rotatable bonds is 4. The van der Waals surface area contributed by atoms with Crippen LogP contribution >= 0.6 is 0 Å². The molecule has 0 aromatic heterocycles. The Morgan fingerprint density at radius 2 is 2.21 bits per heavy atom. The van der Waals surface area contributed by atoms with E-state index in [2.05, 4.69) is 10.5 Å². The number of hydrogen-bond acceptors (Lipinski definition) is 3. The summed E-state index contributed by atoms with van der Waals surface area (Å²) in [5.41, 5.74) is 5.12. The lowest BCUT2D eigenvalue weighted by molar-refractivity contribution is -0.121. The topological polar surface area (TPSA) is 87.7 Å². The number of carbonyl (C=O) groups excluding carboxylic acids is 1. The van der Waals surface area contributed by atoms with Gasteiger partial charge in [0.15, 0.2) is 5.84 Å². The van der Waals surface area contributed by atoms with Gasteiger partial charge in [0.05, 0.1) is 0 Å². The summed E-state index contributed by atoms with van der Waals surface area (Å²) in [4.78, 5) is 12.2. The standard InChI is InChI=1S/C13H18FN3O2/c1-4-13(3,11(15)17-19)12(18)16-10-7-5-6-9(14)8(10)2/h5-7,19H,4H2,1-3H3,(H2,15,17)(H,16,18). The average Bonchev–Trinajstić information content (AvgIpc) is 2.41. The Kier molecular flexibility index (Phi) is 4.47. The first-order valence-corrected chi connectivity index (χ1v) is 5.91. The number of hydrogen-bond donors (Lipinski definition) is 3. The lowest BCUT2D eigenvalue weighted by atomic mass is 9.85. The fourth-order valence-electron chi connectivity index (χ4n) is 1.57. The van der Waals surface area contributed by atoms with Crippen molar-refractivity contribution in [1.82, 2.24) is 0 Å². The van der Waals surface area contributed by atoms with Crippen LogP contribution in [0.5, 0.6) is 0 Å². The van der Waals surface area contributed by atoms with Crippen molar-refractivity contribution in [2.45, 2.75) is 27.2 Å². The van der Waals surface area contributed by atoms with Gasteiger partial charge in [-0.1, -0.05) is 18.1 Å². The number of benzene rings is 1. The van der Waals surface area contributed by atoms with Crippen LogP contribution in [-0.2, 0) is 4.79 Å². The van der Waals surface area contributed by atoms with E-state index < -0.39 is 17.1 Å². The summed E-state index contributed by atoms with van der Waals surface area (Å²) in [6.07, 6.45) is 0.350. The third-order valence-electron chi connectivity index (χ3n) is 3.40. The molecule has 104 valence electrons. The summed E-state index contributed by atoms with van der Waals surface area (Å²) < 4.78 is 13.4. The van der Waals surface area contributed by atoms with E-state index in [9.17, 15) is 9.18 Å². The summed E-state index contributed by atoms with van der Waals surface area (Å²) in [5.74, 6) is -1.03. The second-order valence-corrected chi connectivity index (χ2v) is 4.54. The van der Waals surface area contributed by atoms with Gasteiger partial charge >= 0.3 is 0 Å². The molecule has 0 aliphatic rings. The molecule has 5 nitrogen and oxygen atoms in total. The fourth-order valence-corrected chi connectivity index (χ4v) is 1.57. The SMILES string of the molecule is CCC(C)(C(=O)Nc1cccc(F)c1C)/C(N)=N/O. The van der Waals surface area contributed by atoms with E-state index in [0.29, 0.717) is 17.7 Å². The van der Waals surface area contributed by atoms with E-state index in [0.717, 1.165) is 0 Å². The highest BCUT2D eigenvalue weighted by Gasteiger charge is 2.36. The Morgan fingerprint density at radius 1 is 1.58 bits per heavy atom. The molecule has 19 heavy (non-hydrogen) atoms. The number of nitrogens with two attached hydrogens (primary N) is 1. The number of carbonyl (C=O) groups is 1. The van der Waals surface area contributed by atoms with Crippen LogP contribution in [0.15, 0.2) is 23.4 Å². The third kappa shape index (κ3) is 2.83. The minimum Gasteiger partial charge on any atom is -0.409 e. The van der Waals surface area contributed by atoms with Crippen molar-refractivity contribution in [1.29, 1.82) is 0 Å². The van der Waals surface area contributed by atoms with E-state index in [1.165, 1.54) is 12.1 Å². The second kappa shape index (κ2) is 5.69. The monoisotopic (exact) mass is 267 g/mol. The molecule has 0 saturated carbocycles. The number of halogens is 1. The van der Waals surface area contributed by atoms with E-state index in [-0.39, 0.29) is 5.84 Å². The molecule has 1 unspecified atom stereocenters. The first-order valence-electron chi connectivity index (χ1n) is 5.91. The highest BCUT2D eigenvalue weighted by atomic mass is 19.1. The van der Waals surface area contributed by atoms with Crippen LogP contribution in [0.3, 0.4) is 0 Å². The van der Waals surface area contributed by atoms with Gasteiger partial charge in [0.2, 0.25) is 5.91 Å². The van der Waals surface area contributed by atoms with Crippen molar-refractivity contribution in [3.63, 3.8) is 0 Å². The maximum absolute atomic E-state index is 13.4. The molecule has 1 atom stereocenters. The summed E-state index contributed by atoms with van der Waals surface area (Å²) in [6.45, 7) is 4.87. The van der Waals surface area contributed by atoms with Crippen molar-refractivity contribution in [3.05, 3.63) is 29.6 Å². The van der Waals surface area contributed by atoms with Crippen LogP contribution in [0.25, 0.3) is 0 Å². The Hall–Kier alpha value is -2.11. The first-order chi connectivity index (χ1) is 8.86. The largest absolute Gasteiger partial charge is 0.409 e. The fraction of sp³-hybridized carbons (Fsp3) is 0.385. The number of amidine groups is 1. The third-order valence-corrected chi connectivity index (χ3v) is 3.40. The molecule has 1 rings (SSSR count). The van der Waals surface area contributed by atoms with Gasteiger partial charge in [-0.05, 0) is 32.4 Å². The van der Waals surface area contributed by atoms with Gasteiger partial charge in [-0.3, -0.25) is 4.79 Å². The zero-order chi connectivity index (χ0) is 14.6. The van der Waals surface area contributed by atoms with Crippen LogP contribution in [0, 0.1) is 18.2 Å². The van der Waals surface area contributed by atoms with E-state index in [1.807, 2.05) is 0 Å². The molecule has 0 saturated heterocycles. The van der Waals surface area contributed by atoms with Gasteiger partial charge in [-0.2, -0.15) is 0 Å². The van der Waals surface area contributed by atoms with Gasteiger partial charge in [-0.15, -0.1) is 0 Å². The molecule has 0 heterocycles. The van der Waals surface area contributed by atoms with Gasteiger partial charge < -0.3 is 16.3 Å². The number of nitrogens with one attached hydrogen (secondary N) is 1. The van der Waals surface area contributed by atoms with Crippen molar-refractivity contribution in [2.75, 3.05) is 5.32 Å². The van der Waals surface area contributed by atoms with Crippen molar-refractivity contribution < 1.29 is 14.4 Å². The molecule has 0 aliphatic heterocycles. The predicted octanol–water partition coefficient (Wildman–Crippen LogP) is 2.24. The maximum atomic E-state index is 13.4. The lowest BCUT2D eigenvalue weighted by Gasteiger charge is -2.25. The first kappa shape index (κ1) is 14.9. The number of oxime groups is 1. The van der Waals surface area contributed by atoms with Crippen molar-refractivity contribution >= 4 is 17.4 Å². The molecule has 0 aliphatic carbocycles. The molecular formula is C13H18FN3O2. The van der Waals surface area contributed by atoms with Gasteiger partial charge in [0.25, 0.3) is 0 Å². The van der Waals surface area contributed by atoms with Crippen LogP contribution in [-0.4, -0.2) is 17.0 Å². The molecule has 1 aromatic carbocycles. The zero-order valence-electron chi connectivity index (χ0n) is 11.2. The van der Waals surface area contributed by atoms with Crippen LogP contribution in [0.1, 0.15) is 25.8 Å². The zero-order valence-corrected chi connectivity index (χ0v) is 11.2. The number of amides is 1. The minimum atomic E-state index is -1.15. The molecule has 4 N–H and O–H groups in total. The molecule has 0 spiro atoms. The number of nitrogens with zero attached hydrogens (tertiary/aromatic N) is 1. The molecule has 6 heteroatoms. The van der Waals surface area contributed by atoms with Gasteiger partial charge in [-0.25, -0.2) is 4.39 Å². The maximum Gasteiger partial charge on any atom is 0.238 e. The predicted molar refractivity (Wildman–Crippen MR) is 71.6 cm³/mol. The van der Waals surface area contributed by atoms with E-state index in [4.69, 9.17) is 10.9 Å². The quantitative estimate of drug-likeness (QED) is 0.338. The van der Waals surface area contributed by atoms with Crippen LogP contribution in [0.4, 0.5) is 10.1 Å². The van der Waals surface area contributed by atoms with Crippen molar-refractivity contribution in [2.24, 2.45) is 16.3 Å². The van der Waals surface area contributed by atoms with Crippen LogP contribution < -0.4 is 11.1 Å². The second-order valence-electron chi connectivity index (χ2n) is 4.54. The summed E-state index contributed by atoms with van der Waals surface area (Å²) >= 11 is 0. The van der Waals surface area contributed by atoms with E-state index in [1.54, 1.807) is 26.8 Å². The summed E-state index contributed by atoms with van der Waals surface area (Å²) in [6, 6.07) is 4.41. The minimum absolute atomic E-state index is 0.179. The van der Waals surface area contributed by atoms with Gasteiger partial charge in [0, 0.05) is 11.3 Å². The Balaban J connectivity index is 3.05. The molecular weight excluding hydrogens is 249 g/mol. The Bertz CT molecular complexity index is 517. The molecule has 0 fully saturated rings. The van der Waals surface area contributed by atoms with Crippen molar-refractivity contribution in [3.8, 4) is 0 Å². The lowest BCUT2D eigenvalue weighted by Crippen LogP contribution is -2.44. The molecule has 0 bridgehead atoms. The van der Waals surface area contributed by atoms with Crippen LogP contribution in [0.2, 0.25) is 0 Å². The van der Waals surface area contributed by atoms with E-state index >= 15 is 0 Å². The summed E-state index contributed by atoms with van der Waals surface area (Å²) in [5, 5.41) is 14.2. The summed E-state index contributed by atoms with van der Waals surface area (Å²) in [7, 11) is 0. The molecule has 0 radical (unpaired) electrons. The normalized spacial score (nSPS) is 14.8. The molecule has 1 aromatic rings. The highest BCUT2D eigenvalue weighted by molar-refractivity contribution is 6.11.